The van der Waals surface area contributed by atoms with E-state index < -0.39 is 0 Å². The van der Waals surface area contributed by atoms with Gasteiger partial charge >= 0.3 is 0 Å². The summed E-state index contributed by atoms with van der Waals surface area (Å²) in [7, 11) is 3.36. The quantitative estimate of drug-likeness (QED) is 0.739. The van der Waals surface area contributed by atoms with Crippen molar-refractivity contribution in [2.24, 2.45) is 0 Å². The van der Waals surface area contributed by atoms with E-state index in [2.05, 4.69) is 15.1 Å². The molecule has 0 atom stereocenters. The number of methoxy groups -OCH3 is 1. The third-order valence-corrected chi connectivity index (χ3v) is 3.39. The molecule has 7 heteroatoms. The second kappa shape index (κ2) is 5.59. The lowest BCUT2D eigenvalue weighted by atomic mass is 10.2. The third kappa shape index (κ3) is 2.57. The second-order valence-corrected chi connectivity index (χ2v) is 5.05. The van der Waals surface area contributed by atoms with E-state index in [9.17, 15) is 4.39 Å². The van der Waals surface area contributed by atoms with Gasteiger partial charge in [0.2, 0.25) is 0 Å². The largest absolute Gasteiger partial charge is 0.494 e. The number of nitrogens with zero attached hydrogens (tertiary/aromatic N) is 5. The summed E-state index contributed by atoms with van der Waals surface area (Å²) in [4.78, 5) is 10.4. The average Bonchev–Trinajstić information content (AvgIpc) is 2.94. The van der Waals surface area contributed by atoms with E-state index in [4.69, 9.17) is 4.74 Å². The minimum Gasteiger partial charge on any atom is -0.494 e. The number of aryl methyl sites for hydroxylation is 1. The zero-order valence-electron chi connectivity index (χ0n) is 12.6. The summed E-state index contributed by atoms with van der Waals surface area (Å²) >= 11 is 0. The van der Waals surface area contributed by atoms with Crippen molar-refractivity contribution in [1.82, 2.24) is 19.6 Å². The van der Waals surface area contributed by atoms with Crippen molar-refractivity contribution in [1.29, 1.82) is 0 Å². The Hall–Kier alpha value is -2.70. The molecule has 0 saturated carbocycles. The van der Waals surface area contributed by atoms with E-state index in [-0.39, 0.29) is 11.6 Å². The highest BCUT2D eigenvalue weighted by molar-refractivity contribution is 5.47. The van der Waals surface area contributed by atoms with Crippen molar-refractivity contribution < 1.29 is 9.13 Å². The first-order chi connectivity index (χ1) is 10.6. The third-order valence-electron chi connectivity index (χ3n) is 3.39. The molecule has 2 heterocycles. The van der Waals surface area contributed by atoms with Gasteiger partial charge in [0.15, 0.2) is 11.6 Å². The molecule has 22 heavy (non-hydrogen) atoms. The Kier molecular flexibility index (Phi) is 3.62. The van der Waals surface area contributed by atoms with Gasteiger partial charge in [-0.1, -0.05) is 6.07 Å². The molecule has 0 radical (unpaired) electrons. The van der Waals surface area contributed by atoms with Crippen LogP contribution in [0.4, 0.5) is 10.2 Å². The predicted octanol–water partition coefficient (Wildman–Crippen LogP) is 2.22. The number of rotatable bonds is 4. The van der Waals surface area contributed by atoms with Crippen LogP contribution in [-0.2, 0) is 6.54 Å². The van der Waals surface area contributed by atoms with E-state index >= 15 is 0 Å². The van der Waals surface area contributed by atoms with Crippen LogP contribution in [0.15, 0.2) is 30.6 Å². The van der Waals surface area contributed by atoms with Gasteiger partial charge in [-0.15, -0.1) is 0 Å². The maximum Gasteiger partial charge on any atom is 0.254 e. The number of aromatic nitrogens is 4. The van der Waals surface area contributed by atoms with Crippen molar-refractivity contribution in [3.63, 3.8) is 0 Å². The highest BCUT2D eigenvalue weighted by Crippen LogP contribution is 2.21. The molecular weight excluding hydrogens is 285 g/mol. The molecule has 0 N–H and O–H groups in total. The number of benzene rings is 1. The minimum atomic E-state index is -0.370. The SMILES string of the molecule is COc1ccc(CN(C)c2cc(C)nc3ncnn23)cc1F. The maximum absolute atomic E-state index is 13.8. The topological polar surface area (TPSA) is 55.5 Å². The zero-order valence-corrected chi connectivity index (χ0v) is 12.6. The van der Waals surface area contributed by atoms with Crippen LogP contribution < -0.4 is 9.64 Å². The number of hydrogen-bond donors (Lipinski definition) is 0. The van der Waals surface area contributed by atoms with E-state index in [1.807, 2.05) is 31.0 Å². The van der Waals surface area contributed by atoms with Crippen LogP contribution >= 0.6 is 0 Å². The van der Waals surface area contributed by atoms with Gasteiger partial charge in [-0.2, -0.15) is 14.6 Å². The normalized spacial score (nSPS) is 10.9. The molecule has 0 aliphatic heterocycles. The van der Waals surface area contributed by atoms with Crippen LogP contribution in [0.3, 0.4) is 0 Å². The van der Waals surface area contributed by atoms with Crippen LogP contribution in [0.5, 0.6) is 5.75 Å². The van der Waals surface area contributed by atoms with Crippen molar-refractivity contribution in [2.45, 2.75) is 13.5 Å². The number of fused-ring (bicyclic) bond motifs is 1. The molecule has 0 amide bonds. The minimum absolute atomic E-state index is 0.241. The lowest BCUT2D eigenvalue weighted by molar-refractivity contribution is 0.386. The summed E-state index contributed by atoms with van der Waals surface area (Å²) in [5, 5.41) is 4.17. The van der Waals surface area contributed by atoms with E-state index in [1.54, 1.807) is 10.6 Å². The number of halogens is 1. The number of ether oxygens (including phenoxy) is 1. The fourth-order valence-electron chi connectivity index (χ4n) is 2.35. The standard InChI is InChI=1S/C15H16FN5O/c1-10-6-14(21-15(19-10)17-9-18-21)20(2)8-11-4-5-13(22-3)12(16)7-11/h4-7,9H,8H2,1-3H3. The summed E-state index contributed by atoms with van der Waals surface area (Å²) in [5.74, 6) is 1.26. The van der Waals surface area contributed by atoms with Gasteiger partial charge in [-0.05, 0) is 24.6 Å². The summed E-state index contributed by atoms with van der Waals surface area (Å²) in [6.45, 7) is 2.43. The van der Waals surface area contributed by atoms with Crippen LogP contribution in [0, 0.1) is 12.7 Å². The van der Waals surface area contributed by atoms with Crippen molar-refractivity contribution in [2.75, 3.05) is 19.1 Å². The highest BCUT2D eigenvalue weighted by atomic mass is 19.1. The van der Waals surface area contributed by atoms with Gasteiger partial charge in [0.1, 0.15) is 12.1 Å². The van der Waals surface area contributed by atoms with Gasteiger partial charge < -0.3 is 9.64 Å². The lowest BCUT2D eigenvalue weighted by Gasteiger charge is -2.20. The van der Waals surface area contributed by atoms with Crippen LogP contribution in [0.2, 0.25) is 0 Å². The van der Waals surface area contributed by atoms with Crippen molar-refractivity contribution in [3.05, 3.63) is 47.7 Å². The lowest BCUT2D eigenvalue weighted by Crippen LogP contribution is -2.20. The fourth-order valence-corrected chi connectivity index (χ4v) is 2.35. The van der Waals surface area contributed by atoms with Gasteiger partial charge in [-0.3, -0.25) is 0 Å². The molecule has 0 bridgehead atoms. The first-order valence-corrected chi connectivity index (χ1v) is 6.79. The van der Waals surface area contributed by atoms with Crippen molar-refractivity contribution in [3.8, 4) is 5.75 Å². The fraction of sp³-hybridized carbons (Fsp3) is 0.267. The Balaban J connectivity index is 1.91. The first kappa shape index (κ1) is 14.2. The van der Waals surface area contributed by atoms with E-state index in [0.717, 1.165) is 17.1 Å². The molecule has 6 nitrogen and oxygen atoms in total. The van der Waals surface area contributed by atoms with Crippen molar-refractivity contribution >= 4 is 11.6 Å². The maximum atomic E-state index is 13.8. The average molecular weight is 301 g/mol. The molecule has 2 aromatic heterocycles. The molecule has 0 aliphatic rings. The van der Waals surface area contributed by atoms with E-state index in [1.165, 1.54) is 19.5 Å². The monoisotopic (exact) mass is 301 g/mol. The Morgan fingerprint density at radius 2 is 2.14 bits per heavy atom. The summed E-state index contributed by atoms with van der Waals surface area (Å²) < 4.78 is 20.4. The Morgan fingerprint density at radius 3 is 2.86 bits per heavy atom. The van der Waals surface area contributed by atoms with Crippen LogP contribution in [0.25, 0.3) is 5.78 Å². The summed E-state index contributed by atoms with van der Waals surface area (Å²) in [6, 6.07) is 6.86. The first-order valence-electron chi connectivity index (χ1n) is 6.79. The molecule has 3 rings (SSSR count). The Bertz CT molecular complexity index is 817. The van der Waals surface area contributed by atoms with E-state index in [0.29, 0.717) is 12.3 Å². The zero-order chi connectivity index (χ0) is 15.7. The highest BCUT2D eigenvalue weighted by Gasteiger charge is 2.11. The molecular formula is C15H16FN5O. The smallest absolute Gasteiger partial charge is 0.254 e. The Labute approximate surface area is 127 Å². The molecule has 0 fully saturated rings. The van der Waals surface area contributed by atoms with Crippen LogP contribution in [-0.4, -0.2) is 33.7 Å². The van der Waals surface area contributed by atoms with Gasteiger partial charge in [0, 0.05) is 25.4 Å². The number of anilines is 1. The van der Waals surface area contributed by atoms with Gasteiger partial charge in [0.25, 0.3) is 5.78 Å². The predicted molar refractivity (Wildman–Crippen MR) is 80.6 cm³/mol. The molecule has 0 saturated heterocycles. The summed E-state index contributed by atoms with van der Waals surface area (Å²) in [5.41, 5.74) is 1.69. The molecule has 114 valence electrons. The Morgan fingerprint density at radius 1 is 1.32 bits per heavy atom. The van der Waals surface area contributed by atoms with Gasteiger partial charge in [0.05, 0.1) is 7.11 Å². The van der Waals surface area contributed by atoms with Gasteiger partial charge in [-0.25, -0.2) is 9.37 Å². The second-order valence-electron chi connectivity index (χ2n) is 5.05. The van der Waals surface area contributed by atoms with Crippen LogP contribution in [0.1, 0.15) is 11.3 Å². The molecule has 3 aromatic rings. The molecule has 0 unspecified atom stereocenters. The molecule has 0 aliphatic carbocycles. The molecule has 1 aromatic carbocycles. The number of hydrogen-bond acceptors (Lipinski definition) is 5. The summed E-state index contributed by atoms with van der Waals surface area (Å²) in [6.07, 6.45) is 1.46. The molecule has 0 spiro atoms.